The van der Waals surface area contributed by atoms with Gasteiger partial charge in [0.1, 0.15) is 0 Å². The maximum atomic E-state index is 5.74. The molecule has 0 aliphatic carbocycles. The monoisotopic (exact) mass is 270 g/mol. The Hall–Kier alpha value is -1.82. The summed E-state index contributed by atoms with van der Waals surface area (Å²) >= 11 is 1.64. The number of nitrogens with zero attached hydrogens (tertiary/aromatic N) is 2. The molecular weight excluding hydrogens is 256 g/mol. The van der Waals surface area contributed by atoms with Gasteiger partial charge in [-0.3, -0.25) is 10.8 Å². The third kappa shape index (κ3) is 2.23. The predicted molar refractivity (Wildman–Crippen MR) is 77.8 cm³/mol. The summed E-state index contributed by atoms with van der Waals surface area (Å²) in [6, 6.07) is 8.10. The van der Waals surface area contributed by atoms with E-state index in [1.807, 2.05) is 37.6 Å². The topological polar surface area (TPSA) is 63.8 Å². The van der Waals surface area contributed by atoms with Gasteiger partial charge in [0, 0.05) is 34.4 Å². The number of aromatic nitrogens is 2. The molecule has 2 heterocycles. The maximum Gasteiger partial charge on any atom is 0.0897 e. The molecule has 1 atom stereocenters. The number of benzene rings is 1. The van der Waals surface area contributed by atoms with E-state index in [0.717, 1.165) is 26.2 Å². The first-order valence-electron chi connectivity index (χ1n) is 6.00. The molecule has 0 saturated carbocycles. The molecule has 0 saturated heterocycles. The largest absolute Gasteiger partial charge is 0.271 e. The van der Waals surface area contributed by atoms with Gasteiger partial charge in [0.2, 0.25) is 0 Å². The zero-order valence-corrected chi connectivity index (χ0v) is 11.3. The number of hydrazine groups is 1. The van der Waals surface area contributed by atoms with Crippen LogP contribution < -0.4 is 11.3 Å². The summed E-state index contributed by atoms with van der Waals surface area (Å²) < 4.78 is 0. The molecule has 0 bridgehead atoms. The predicted octanol–water partition coefficient (Wildman–Crippen LogP) is 2.55. The number of nitrogens with two attached hydrogens (primary N) is 1. The van der Waals surface area contributed by atoms with Crippen LogP contribution in [0.5, 0.6) is 0 Å². The van der Waals surface area contributed by atoms with Crippen molar-refractivity contribution in [3.63, 3.8) is 0 Å². The number of hydrogen-bond acceptors (Lipinski definition) is 5. The molecule has 3 aromatic rings. The van der Waals surface area contributed by atoms with Gasteiger partial charge in [0.15, 0.2) is 0 Å². The van der Waals surface area contributed by atoms with Crippen molar-refractivity contribution in [3.8, 4) is 0 Å². The zero-order valence-electron chi connectivity index (χ0n) is 10.5. The highest BCUT2D eigenvalue weighted by Crippen LogP contribution is 2.30. The number of nitrogens with one attached hydrogen (secondary N) is 1. The average Bonchev–Trinajstić information content (AvgIpc) is 2.86. The van der Waals surface area contributed by atoms with E-state index in [0.29, 0.717) is 0 Å². The van der Waals surface area contributed by atoms with Crippen LogP contribution in [-0.2, 0) is 0 Å². The quantitative estimate of drug-likeness (QED) is 0.567. The summed E-state index contributed by atoms with van der Waals surface area (Å²) in [7, 11) is 0. The highest BCUT2D eigenvalue weighted by molar-refractivity contribution is 7.11. The zero-order chi connectivity index (χ0) is 13.2. The SMILES string of the molecule is Cc1ncc(C(NN)c2cncc3ccccc23)s1. The maximum absolute atomic E-state index is 5.74. The van der Waals surface area contributed by atoms with E-state index in [1.165, 1.54) is 0 Å². The first-order chi connectivity index (χ1) is 9.29. The lowest BCUT2D eigenvalue weighted by atomic mass is 10.0. The van der Waals surface area contributed by atoms with Crippen molar-refractivity contribution in [1.82, 2.24) is 15.4 Å². The Labute approximate surface area is 115 Å². The molecule has 1 aromatic carbocycles. The summed E-state index contributed by atoms with van der Waals surface area (Å²) in [6.07, 6.45) is 5.60. The number of pyridine rings is 1. The van der Waals surface area contributed by atoms with Crippen LogP contribution >= 0.6 is 11.3 Å². The summed E-state index contributed by atoms with van der Waals surface area (Å²) in [5.41, 5.74) is 3.94. The van der Waals surface area contributed by atoms with Crippen LogP contribution in [0.1, 0.15) is 21.5 Å². The van der Waals surface area contributed by atoms with Crippen molar-refractivity contribution in [3.05, 3.63) is 58.3 Å². The molecule has 0 aliphatic rings. The molecule has 19 heavy (non-hydrogen) atoms. The lowest BCUT2D eigenvalue weighted by Crippen LogP contribution is -2.28. The first-order valence-corrected chi connectivity index (χ1v) is 6.82. The minimum atomic E-state index is -0.0789. The van der Waals surface area contributed by atoms with Gasteiger partial charge in [-0.2, -0.15) is 0 Å². The van der Waals surface area contributed by atoms with E-state index in [2.05, 4.69) is 27.5 Å². The molecule has 0 radical (unpaired) electrons. The molecule has 3 N–H and O–H groups in total. The molecule has 1 unspecified atom stereocenters. The second-order valence-electron chi connectivity index (χ2n) is 4.33. The van der Waals surface area contributed by atoms with Crippen molar-refractivity contribution in [2.24, 2.45) is 5.84 Å². The molecule has 2 aromatic heterocycles. The van der Waals surface area contributed by atoms with Crippen LogP contribution in [0.4, 0.5) is 0 Å². The van der Waals surface area contributed by atoms with Crippen molar-refractivity contribution < 1.29 is 0 Å². The fourth-order valence-electron chi connectivity index (χ4n) is 2.21. The summed E-state index contributed by atoms with van der Waals surface area (Å²) in [5.74, 6) is 5.74. The number of rotatable bonds is 3. The van der Waals surface area contributed by atoms with Gasteiger partial charge in [-0.25, -0.2) is 10.4 Å². The molecule has 0 aliphatic heterocycles. The lowest BCUT2D eigenvalue weighted by molar-refractivity contribution is 0.647. The Morgan fingerprint density at radius 1 is 1.21 bits per heavy atom. The molecule has 4 nitrogen and oxygen atoms in total. The standard InChI is InChI=1S/C14H14N4S/c1-9-17-8-13(19-9)14(18-15)12-7-16-6-10-4-2-3-5-11(10)12/h2-8,14,18H,15H2,1H3. The van der Waals surface area contributed by atoms with Crippen molar-refractivity contribution in [2.45, 2.75) is 13.0 Å². The van der Waals surface area contributed by atoms with Crippen LogP contribution in [0, 0.1) is 6.92 Å². The Kier molecular flexibility index (Phi) is 3.25. The Balaban J connectivity index is 2.16. The van der Waals surface area contributed by atoms with Gasteiger partial charge in [-0.1, -0.05) is 24.3 Å². The smallest absolute Gasteiger partial charge is 0.0897 e. The minimum absolute atomic E-state index is 0.0789. The van der Waals surface area contributed by atoms with Crippen molar-refractivity contribution in [2.75, 3.05) is 0 Å². The van der Waals surface area contributed by atoms with Crippen LogP contribution in [0.15, 0.2) is 42.9 Å². The summed E-state index contributed by atoms with van der Waals surface area (Å²) in [4.78, 5) is 9.69. The first kappa shape index (κ1) is 12.2. The average molecular weight is 270 g/mol. The molecule has 0 amide bonds. The normalized spacial score (nSPS) is 12.7. The summed E-state index contributed by atoms with van der Waals surface area (Å²) in [6.45, 7) is 1.99. The lowest BCUT2D eigenvalue weighted by Gasteiger charge is -2.16. The second-order valence-corrected chi connectivity index (χ2v) is 5.60. The fourth-order valence-corrected chi connectivity index (χ4v) is 3.07. The van der Waals surface area contributed by atoms with Gasteiger partial charge in [0.05, 0.1) is 11.0 Å². The third-order valence-corrected chi connectivity index (χ3v) is 4.08. The van der Waals surface area contributed by atoms with Crippen molar-refractivity contribution in [1.29, 1.82) is 0 Å². The van der Waals surface area contributed by atoms with E-state index in [-0.39, 0.29) is 6.04 Å². The van der Waals surface area contributed by atoms with Crippen LogP contribution in [0.3, 0.4) is 0 Å². The Morgan fingerprint density at radius 2 is 2.05 bits per heavy atom. The molecule has 5 heteroatoms. The van der Waals surface area contributed by atoms with E-state index >= 15 is 0 Å². The van der Waals surface area contributed by atoms with Gasteiger partial charge in [-0.15, -0.1) is 11.3 Å². The van der Waals surface area contributed by atoms with Crippen LogP contribution in [0.25, 0.3) is 10.8 Å². The molecule has 0 spiro atoms. The Morgan fingerprint density at radius 3 is 2.79 bits per heavy atom. The number of hydrogen-bond donors (Lipinski definition) is 2. The van der Waals surface area contributed by atoms with Crippen LogP contribution in [0.2, 0.25) is 0 Å². The van der Waals surface area contributed by atoms with Gasteiger partial charge < -0.3 is 0 Å². The number of aryl methyl sites for hydroxylation is 1. The third-order valence-electron chi connectivity index (χ3n) is 3.10. The molecular formula is C14H14N4S. The van der Waals surface area contributed by atoms with E-state index < -0.39 is 0 Å². The van der Waals surface area contributed by atoms with E-state index in [1.54, 1.807) is 11.3 Å². The van der Waals surface area contributed by atoms with Crippen molar-refractivity contribution >= 4 is 22.1 Å². The minimum Gasteiger partial charge on any atom is -0.271 e. The van der Waals surface area contributed by atoms with Gasteiger partial charge in [0.25, 0.3) is 0 Å². The Bertz CT molecular complexity index is 702. The fraction of sp³-hybridized carbons (Fsp3) is 0.143. The van der Waals surface area contributed by atoms with E-state index in [4.69, 9.17) is 5.84 Å². The number of thiazole rings is 1. The number of fused-ring (bicyclic) bond motifs is 1. The highest BCUT2D eigenvalue weighted by Gasteiger charge is 2.17. The van der Waals surface area contributed by atoms with Gasteiger partial charge in [-0.05, 0) is 12.3 Å². The highest BCUT2D eigenvalue weighted by atomic mass is 32.1. The van der Waals surface area contributed by atoms with E-state index in [9.17, 15) is 0 Å². The molecule has 3 rings (SSSR count). The second kappa shape index (κ2) is 5.05. The molecule has 0 fully saturated rings. The van der Waals surface area contributed by atoms with Gasteiger partial charge >= 0.3 is 0 Å². The molecule has 96 valence electrons. The van der Waals surface area contributed by atoms with Crippen LogP contribution in [-0.4, -0.2) is 9.97 Å². The summed E-state index contributed by atoms with van der Waals surface area (Å²) in [5, 5.41) is 3.30.